The molecule has 4 rings (SSSR count). The third-order valence-electron chi connectivity index (χ3n) is 4.38. The molecule has 3 aromatic carbocycles. The number of hydrogen-bond acceptors (Lipinski definition) is 5. The molecule has 0 saturated heterocycles. The second-order valence-corrected chi connectivity index (χ2v) is 7.28. The van der Waals surface area contributed by atoms with Crippen molar-refractivity contribution in [2.24, 2.45) is 5.16 Å². The van der Waals surface area contributed by atoms with Crippen LogP contribution in [0, 0.1) is 0 Å². The van der Waals surface area contributed by atoms with Gasteiger partial charge in [0.25, 0.3) is 0 Å². The molecule has 0 aliphatic rings. The van der Waals surface area contributed by atoms with E-state index in [0.29, 0.717) is 13.0 Å². The number of nitrogens with zero attached hydrogens (tertiary/aromatic N) is 3. The van der Waals surface area contributed by atoms with Crippen LogP contribution in [-0.4, -0.2) is 16.2 Å². The number of hydrogen-bond donors (Lipinski definition) is 1. The van der Waals surface area contributed by atoms with Gasteiger partial charge >= 0.3 is 0 Å². The summed E-state index contributed by atoms with van der Waals surface area (Å²) in [6.07, 6.45) is 4.01. The minimum Gasteiger partial charge on any atom is -0.391 e. The highest BCUT2D eigenvalue weighted by atomic mass is 79.9. The third kappa shape index (κ3) is 4.97. The summed E-state index contributed by atoms with van der Waals surface area (Å²) in [7, 11) is 0. The van der Waals surface area contributed by atoms with Crippen molar-refractivity contribution in [3.63, 3.8) is 0 Å². The van der Waals surface area contributed by atoms with E-state index in [-0.39, 0.29) is 0 Å². The smallest absolute Gasteiger partial charge is 0.142 e. The molecule has 0 bridgehead atoms. The van der Waals surface area contributed by atoms with Gasteiger partial charge in [-0.2, -0.15) is 0 Å². The fourth-order valence-corrected chi connectivity index (χ4v) is 3.25. The Kier molecular flexibility index (Phi) is 6.12. The molecule has 0 fully saturated rings. The first-order chi connectivity index (χ1) is 14.3. The van der Waals surface area contributed by atoms with E-state index in [0.717, 1.165) is 38.0 Å². The van der Waals surface area contributed by atoms with E-state index in [1.807, 2.05) is 60.7 Å². The molecule has 0 saturated carbocycles. The average molecular weight is 447 g/mol. The largest absolute Gasteiger partial charge is 0.391 e. The molecule has 0 unspecified atom stereocenters. The number of aromatic nitrogens is 2. The summed E-state index contributed by atoms with van der Waals surface area (Å²) in [6, 6.07) is 24.0. The maximum absolute atomic E-state index is 5.37. The van der Waals surface area contributed by atoms with Crippen molar-refractivity contribution in [3.8, 4) is 0 Å². The third-order valence-corrected chi connectivity index (χ3v) is 5.07. The molecule has 6 heteroatoms. The van der Waals surface area contributed by atoms with Crippen LogP contribution < -0.4 is 5.32 Å². The molecule has 0 aliphatic carbocycles. The van der Waals surface area contributed by atoms with Gasteiger partial charge < -0.3 is 10.2 Å². The van der Waals surface area contributed by atoms with Crippen molar-refractivity contribution >= 4 is 44.6 Å². The van der Waals surface area contributed by atoms with Crippen LogP contribution in [-0.2, 0) is 17.9 Å². The molecule has 4 aromatic rings. The predicted octanol–water partition coefficient (Wildman–Crippen LogP) is 5.88. The van der Waals surface area contributed by atoms with Crippen molar-refractivity contribution in [3.05, 3.63) is 94.7 Å². The maximum Gasteiger partial charge on any atom is 0.142 e. The van der Waals surface area contributed by atoms with E-state index in [9.17, 15) is 0 Å². The van der Waals surface area contributed by atoms with Gasteiger partial charge in [0.1, 0.15) is 18.8 Å². The zero-order chi connectivity index (χ0) is 19.9. The lowest BCUT2D eigenvalue weighted by molar-refractivity contribution is 0.131. The standard InChI is InChI=1S/C23H19BrN4O/c24-20-11-10-17(12-13-27-29-15-18-6-2-1-3-7-18)14-22(20)28-23-19-8-4-5-9-21(19)25-16-26-23/h1-11,13-14,16H,12,15H2,(H,25,26,28). The van der Waals surface area contributed by atoms with Gasteiger partial charge in [-0.15, -0.1) is 0 Å². The molecule has 1 heterocycles. The fraction of sp³-hybridized carbons (Fsp3) is 0.0870. The maximum atomic E-state index is 5.37. The van der Waals surface area contributed by atoms with Crippen molar-refractivity contribution in [2.45, 2.75) is 13.0 Å². The van der Waals surface area contributed by atoms with Gasteiger partial charge in [-0.25, -0.2) is 9.97 Å². The lowest BCUT2D eigenvalue weighted by atomic mass is 10.1. The molecule has 29 heavy (non-hydrogen) atoms. The van der Waals surface area contributed by atoms with E-state index in [2.05, 4.69) is 48.5 Å². The van der Waals surface area contributed by atoms with Crippen LogP contribution in [0.3, 0.4) is 0 Å². The van der Waals surface area contributed by atoms with Gasteiger partial charge in [0, 0.05) is 22.5 Å². The summed E-state index contributed by atoms with van der Waals surface area (Å²) < 4.78 is 0.959. The Bertz CT molecular complexity index is 1130. The monoisotopic (exact) mass is 446 g/mol. The van der Waals surface area contributed by atoms with Crippen LogP contribution in [0.5, 0.6) is 0 Å². The first kappa shape index (κ1) is 19.1. The van der Waals surface area contributed by atoms with Crippen molar-refractivity contribution in [1.82, 2.24) is 9.97 Å². The number of anilines is 2. The fourth-order valence-electron chi connectivity index (χ4n) is 2.91. The Balaban J connectivity index is 1.43. The quantitative estimate of drug-likeness (QED) is 0.284. The molecule has 1 N–H and O–H groups in total. The first-order valence-electron chi connectivity index (χ1n) is 9.22. The Morgan fingerprint density at radius 2 is 1.76 bits per heavy atom. The molecule has 0 radical (unpaired) electrons. The number of para-hydroxylation sites is 1. The van der Waals surface area contributed by atoms with E-state index >= 15 is 0 Å². The molecule has 0 amide bonds. The molecule has 0 aliphatic heterocycles. The van der Waals surface area contributed by atoms with Gasteiger partial charge in [-0.1, -0.05) is 53.7 Å². The van der Waals surface area contributed by atoms with Crippen LogP contribution in [0.4, 0.5) is 11.5 Å². The summed E-state index contributed by atoms with van der Waals surface area (Å²) in [5.74, 6) is 0.772. The molecule has 1 aromatic heterocycles. The first-order valence-corrected chi connectivity index (χ1v) is 10.0. The Labute approximate surface area is 177 Å². The van der Waals surface area contributed by atoms with E-state index in [1.54, 1.807) is 12.5 Å². The summed E-state index contributed by atoms with van der Waals surface area (Å²) in [6.45, 7) is 0.464. The minimum absolute atomic E-state index is 0.464. The zero-order valence-corrected chi connectivity index (χ0v) is 17.2. The molecule has 5 nitrogen and oxygen atoms in total. The van der Waals surface area contributed by atoms with Crippen molar-refractivity contribution in [1.29, 1.82) is 0 Å². The second-order valence-electron chi connectivity index (χ2n) is 6.43. The van der Waals surface area contributed by atoms with Crippen LogP contribution in [0.15, 0.2) is 88.8 Å². The van der Waals surface area contributed by atoms with Gasteiger partial charge in [0.15, 0.2) is 0 Å². The zero-order valence-electron chi connectivity index (χ0n) is 15.6. The van der Waals surface area contributed by atoms with Crippen LogP contribution in [0.2, 0.25) is 0 Å². The number of fused-ring (bicyclic) bond motifs is 1. The second kappa shape index (κ2) is 9.30. The van der Waals surface area contributed by atoms with Crippen LogP contribution in [0.25, 0.3) is 10.9 Å². The molecular weight excluding hydrogens is 428 g/mol. The summed E-state index contributed by atoms with van der Waals surface area (Å²) >= 11 is 3.61. The molecule has 0 spiro atoms. The average Bonchev–Trinajstić information content (AvgIpc) is 2.76. The molecular formula is C23H19BrN4O. The van der Waals surface area contributed by atoms with E-state index in [1.165, 1.54) is 0 Å². The van der Waals surface area contributed by atoms with Gasteiger partial charge in [0.2, 0.25) is 0 Å². The minimum atomic E-state index is 0.464. The molecule has 144 valence electrons. The summed E-state index contributed by atoms with van der Waals surface area (Å²) in [5, 5.41) is 8.44. The summed E-state index contributed by atoms with van der Waals surface area (Å²) in [5.41, 5.74) is 4.04. The van der Waals surface area contributed by atoms with Gasteiger partial charge in [-0.3, -0.25) is 0 Å². The van der Waals surface area contributed by atoms with E-state index < -0.39 is 0 Å². The van der Waals surface area contributed by atoms with Gasteiger partial charge in [0.05, 0.1) is 11.2 Å². The van der Waals surface area contributed by atoms with Crippen molar-refractivity contribution in [2.75, 3.05) is 5.32 Å². The predicted molar refractivity (Wildman–Crippen MR) is 120 cm³/mol. The lowest BCUT2D eigenvalue weighted by Crippen LogP contribution is -1.98. The highest BCUT2D eigenvalue weighted by Crippen LogP contribution is 2.29. The number of benzene rings is 3. The number of halogens is 1. The number of rotatable bonds is 7. The highest BCUT2D eigenvalue weighted by molar-refractivity contribution is 9.10. The van der Waals surface area contributed by atoms with Gasteiger partial charge in [-0.05, 0) is 51.3 Å². The number of oxime groups is 1. The topological polar surface area (TPSA) is 59.4 Å². The Hall–Kier alpha value is -3.25. The van der Waals surface area contributed by atoms with Crippen LogP contribution in [0.1, 0.15) is 11.1 Å². The number of nitrogens with one attached hydrogen (secondary N) is 1. The van der Waals surface area contributed by atoms with Crippen molar-refractivity contribution < 1.29 is 4.84 Å². The Morgan fingerprint density at radius 1 is 0.931 bits per heavy atom. The summed E-state index contributed by atoms with van der Waals surface area (Å²) in [4.78, 5) is 14.1. The Morgan fingerprint density at radius 3 is 2.66 bits per heavy atom. The molecule has 0 atom stereocenters. The SMILES string of the molecule is Brc1ccc(CC=NOCc2ccccc2)cc1Nc1ncnc2ccccc12. The van der Waals surface area contributed by atoms with E-state index in [4.69, 9.17) is 4.84 Å². The lowest BCUT2D eigenvalue weighted by Gasteiger charge is -2.11. The highest BCUT2D eigenvalue weighted by Gasteiger charge is 2.07. The van der Waals surface area contributed by atoms with Crippen LogP contribution >= 0.6 is 15.9 Å². The normalized spacial score (nSPS) is 11.1.